The van der Waals surface area contributed by atoms with Gasteiger partial charge in [-0.3, -0.25) is 4.79 Å². The minimum atomic E-state index is -0.663. The van der Waals surface area contributed by atoms with Gasteiger partial charge in [0.2, 0.25) is 0 Å². The fraction of sp³-hybridized carbons (Fsp3) is 0.353. The summed E-state index contributed by atoms with van der Waals surface area (Å²) in [6.45, 7) is 1.52. The van der Waals surface area contributed by atoms with Crippen molar-refractivity contribution in [2.24, 2.45) is 0 Å². The Morgan fingerprint density at radius 1 is 1.33 bits per heavy atom. The Balaban J connectivity index is 2.85. The number of Topliss-reactive ketones (excluding diaryl/α,β-unsaturated/α-hetero) is 1. The molecule has 2 aromatic rings. The lowest BCUT2D eigenvalue weighted by Gasteiger charge is -2.14. The molecule has 1 aromatic heterocycles. The van der Waals surface area contributed by atoms with E-state index in [1.54, 1.807) is 0 Å². The van der Waals surface area contributed by atoms with E-state index in [2.05, 4.69) is 0 Å². The number of methoxy groups -OCH3 is 2. The number of ether oxygens (including phenoxy) is 2. The highest BCUT2D eigenvalue weighted by molar-refractivity contribution is 6.00. The van der Waals surface area contributed by atoms with Gasteiger partial charge >= 0.3 is 5.63 Å². The molecule has 0 saturated carbocycles. The number of hydrogen-bond acceptors (Lipinski definition) is 7. The number of phenolic OH excluding ortho intramolecular Hbond substituents is 1. The minimum Gasteiger partial charge on any atom is -0.504 e. The summed E-state index contributed by atoms with van der Waals surface area (Å²) >= 11 is 0. The van der Waals surface area contributed by atoms with E-state index in [1.807, 2.05) is 0 Å². The fourth-order valence-corrected chi connectivity index (χ4v) is 2.55. The standard InChI is InChI=1S/C17H18O7/c1-9(19)4-5-10-13(8-22-2)11-6-14(23-3)15(20)12(7-18)16(11)24-17(10)21/h6-7,20H,4-5,8H2,1-3H3. The van der Waals surface area contributed by atoms with Gasteiger partial charge in [0.25, 0.3) is 0 Å². The Hall–Kier alpha value is -2.67. The summed E-state index contributed by atoms with van der Waals surface area (Å²) in [6.07, 6.45) is 0.781. The quantitative estimate of drug-likeness (QED) is 0.610. The first-order valence-electron chi connectivity index (χ1n) is 7.26. The molecule has 128 valence electrons. The third-order valence-corrected chi connectivity index (χ3v) is 3.74. The molecule has 0 saturated heterocycles. The lowest BCUT2D eigenvalue weighted by atomic mass is 9.98. The molecule has 0 amide bonds. The predicted molar refractivity (Wildman–Crippen MR) is 85.8 cm³/mol. The van der Waals surface area contributed by atoms with Crippen LogP contribution in [-0.2, 0) is 22.6 Å². The number of carbonyl (C=O) groups is 2. The molecule has 1 heterocycles. The number of fused-ring (bicyclic) bond motifs is 1. The van der Waals surface area contributed by atoms with Crippen LogP contribution in [0.5, 0.6) is 11.5 Å². The van der Waals surface area contributed by atoms with Crippen molar-refractivity contribution in [2.75, 3.05) is 14.2 Å². The van der Waals surface area contributed by atoms with E-state index in [9.17, 15) is 19.5 Å². The Kier molecular flexibility index (Phi) is 5.35. The van der Waals surface area contributed by atoms with Gasteiger partial charge in [-0.2, -0.15) is 0 Å². The zero-order chi connectivity index (χ0) is 17.9. The van der Waals surface area contributed by atoms with Crippen molar-refractivity contribution < 1.29 is 28.6 Å². The molecule has 0 atom stereocenters. The van der Waals surface area contributed by atoms with E-state index in [4.69, 9.17) is 13.9 Å². The second-order valence-electron chi connectivity index (χ2n) is 5.32. The normalized spacial score (nSPS) is 10.8. The second kappa shape index (κ2) is 7.27. The van der Waals surface area contributed by atoms with Gasteiger partial charge in [0.1, 0.15) is 11.3 Å². The Bertz CT molecular complexity index is 848. The van der Waals surface area contributed by atoms with Gasteiger partial charge in [-0.1, -0.05) is 0 Å². The van der Waals surface area contributed by atoms with E-state index in [0.29, 0.717) is 22.8 Å². The predicted octanol–water partition coefficient (Wildman–Crippen LogP) is 1.99. The molecule has 7 nitrogen and oxygen atoms in total. The van der Waals surface area contributed by atoms with Crippen LogP contribution < -0.4 is 10.4 Å². The topological polar surface area (TPSA) is 103 Å². The molecule has 24 heavy (non-hydrogen) atoms. The highest BCUT2D eigenvalue weighted by Gasteiger charge is 2.21. The Morgan fingerprint density at radius 3 is 2.58 bits per heavy atom. The SMILES string of the molecule is COCc1c(CCC(C)=O)c(=O)oc2c(C=O)c(O)c(OC)cc12. The molecular weight excluding hydrogens is 316 g/mol. The minimum absolute atomic E-state index is 0.0353. The first kappa shape index (κ1) is 17.7. The summed E-state index contributed by atoms with van der Waals surface area (Å²) in [6, 6.07) is 1.48. The molecule has 7 heteroatoms. The van der Waals surface area contributed by atoms with Crippen LogP contribution in [0.4, 0.5) is 0 Å². The van der Waals surface area contributed by atoms with Crippen molar-refractivity contribution in [2.45, 2.75) is 26.4 Å². The Morgan fingerprint density at radius 2 is 2.04 bits per heavy atom. The highest BCUT2D eigenvalue weighted by atomic mass is 16.5. The maximum Gasteiger partial charge on any atom is 0.339 e. The van der Waals surface area contributed by atoms with Crippen LogP contribution in [0.15, 0.2) is 15.3 Å². The Labute approximate surface area is 137 Å². The molecule has 0 bridgehead atoms. The van der Waals surface area contributed by atoms with Crippen LogP contribution in [0.2, 0.25) is 0 Å². The van der Waals surface area contributed by atoms with E-state index in [-0.39, 0.29) is 42.1 Å². The molecule has 0 aliphatic rings. The van der Waals surface area contributed by atoms with Crippen LogP contribution in [0.25, 0.3) is 11.0 Å². The van der Waals surface area contributed by atoms with Gasteiger partial charge in [0.15, 0.2) is 23.4 Å². The number of benzene rings is 1. The molecule has 0 radical (unpaired) electrons. The summed E-state index contributed by atoms with van der Waals surface area (Å²) in [5.74, 6) is -0.383. The van der Waals surface area contributed by atoms with Crippen molar-refractivity contribution >= 4 is 23.0 Å². The van der Waals surface area contributed by atoms with Gasteiger partial charge in [-0.15, -0.1) is 0 Å². The maximum absolute atomic E-state index is 12.3. The van der Waals surface area contributed by atoms with Crippen molar-refractivity contribution in [1.82, 2.24) is 0 Å². The zero-order valence-electron chi connectivity index (χ0n) is 13.7. The summed E-state index contributed by atoms with van der Waals surface area (Å²) in [7, 11) is 2.81. The molecule has 0 unspecified atom stereocenters. The third-order valence-electron chi connectivity index (χ3n) is 3.74. The van der Waals surface area contributed by atoms with Crippen molar-refractivity contribution in [1.29, 1.82) is 0 Å². The van der Waals surface area contributed by atoms with Crippen LogP contribution in [0.3, 0.4) is 0 Å². The lowest BCUT2D eigenvalue weighted by Crippen LogP contribution is -2.14. The van der Waals surface area contributed by atoms with Crippen molar-refractivity contribution in [3.8, 4) is 11.5 Å². The number of hydrogen-bond donors (Lipinski definition) is 1. The van der Waals surface area contributed by atoms with E-state index in [1.165, 1.54) is 27.2 Å². The number of carbonyl (C=O) groups excluding carboxylic acids is 2. The highest BCUT2D eigenvalue weighted by Crippen LogP contribution is 2.37. The first-order chi connectivity index (χ1) is 11.4. The molecule has 0 fully saturated rings. The molecule has 0 spiro atoms. The van der Waals surface area contributed by atoms with Gasteiger partial charge in [-0.05, 0) is 25.0 Å². The third kappa shape index (κ3) is 3.16. The lowest BCUT2D eigenvalue weighted by molar-refractivity contribution is -0.116. The maximum atomic E-state index is 12.3. The molecule has 1 aromatic carbocycles. The first-order valence-corrected chi connectivity index (χ1v) is 7.26. The van der Waals surface area contributed by atoms with Crippen molar-refractivity contribution in [3.63, 3.8) is 0 Å². The fourth-order valence-electron chi connectivity index (χ4n) is 2.55. The zero-order valence-corrected chi connectivity index (χ0v) is 13.7. The van der Waals surface area contributed by atoms with Crippen molar-refractivity contribution in [3.05, 3.63) is 33.2 Å². The van der Waals surface area contributed by atoms with Gasteiger partial charge in [0, 0.05) is 24.5 Å². The van der Waals surface area contributed by atoms with E-state index >= 15 is 0 Å². The molecule has 0 aliphatic carbocycles. The average Bonchev–Trinajstić information content (AvgIpc) is 2.54. The smallest absolute Gasteiger partial charge is 0.339 e. The second-order valence-corrected chi connectivity index (χ2v) is 5.32. The number of aldehydes is 1. The largest absolute Gasteiger partial charge is 0.504 e. The average molecular weight is 334 g/mol. The van der Waals surface area contributed by atoms with Gasteiger partial charge in [-0.25, -0.2) is 4.79 Å². The number of aromatic hydroxyl groups is 1. The number of rotatable bonds is 7. The van der Waals surface area contributed by atoms with Crippen LogP contribution in [0, 0.1) is 0 Å². The van der Waals surface area contributed by atoms with Gasteiger partial charge < -0.3 is 23.8 Å². The number of phenols is 1. The molecular formula is C17H18O7. The molecule has 2 rings (SSSR count). The van der Waals surface area contributed by atoms with Crippen LogP contribution >= 0.6 is 0 Å². The summed E-state index contributed by atoms with van der Waals surface area (Å²) in [5.41, 5.74) is -0.0529. The summed E-state index contributed by atoms with van der Waals surface area (Å²) < 4.78 is 15.5. The van der Waals surface area contributed by atoms with Crippen LogP contribution in [0.1, 0.15) is 34.8 Å². The summed E-state index contributed by atoms with van der Waals surface area (Å²) in [4.78, 5) is 34.9. The molecule has 0 aliphatic heterocycles. The van der Waals surface area contributed by atoms with E-state index < -0.39 is 11.4 Å². The van der Waals surface area contributed by atoms with Gasteiger partial charge in [0.05, 0.1) is 13.7 Å². The number of ketones is 1. The molecule has 1 N–H and O–H groups in total. The summed E-state index contributed by atoms with van der Waals surface area (Å²) in [5, 5.41) is 10.5. The monoisotopic (exact) mass is 334 g/mol. The van der Waals surface area contributed by atoms with E-state index in [0.717, 1.165) is 0 Å². The van der Waals surface area contributed by atoms with Crippen LogP contribution in [-0.4, -0.2) is 31.4 Å².